The van der Waals surface area contributed by atoms with E-state index >= 15 is 0 Å². The fourth-order valence-electron chi connectivity index (χ4n) is 3.96. The van der Waals surface area contributed by atoms with Gasteiger partial charge in [-0.2, -0.15) is 0 Å². The van der Waals surface area contributed by atoms with Crippen LogP contribution in [-0.4, -0.2) is 46.8 Å². The first-order valence-electron chi connectivity index (χ1n) is 8.19. The largest absolute Gasteiger partial charge is 0.342 e. The van der Waals surface area contributed by atoms with Gasteiger partial charge in [0, 0.05) is 50.7 Å². The van der Waals surface area contributed by atoms with Crippen LogP contribution in [0.15, 0.2) is 24.3 Å². The molecule has 0 aliphatic carbocycles. The Labute approximate surface area is 136 Å². The molecule has 2 aliphatic heterocycles. The van der Waals surface area contributed by atoms with Gasteiger partial charge in [0.1, 0.15) is 0 Å². The molecule has 0 aromatic heterocycles. The summed E-state index contributed by atoms with van der Waals surface area (Å²) >= 11 is 0. The fraction of sp³-hybridized carbons (Fsp3) is 0.588. The summed E-state index contributed by atoms with van der Waals surface area (Å²) < 4.78 is 0. The topological polar surface area (TPSA) is 66.7 Å². The third-order valence-electron chi connectivity index (χ3n) is 5.18. The van der Waals surface area contributed by atoms with Crippen LogP contribution in [0.3, 0.4) is 0 Å². The van der Waals surface area contributed by atoms with Gasteiger partial charge >= 0.3 is 0 Å². The Hall–Kier alpha value is -1.95. The van der Waals surface area contributed by atoms with E-state index in [0.29, 0.717) is 0 Å². The summed E-state index contributed by atoms with van der Waals surface area (Å²) in [6.45, 7) is 6.28. The average molecular weight is 317 g/mol. The number of benzene rings is 1. The van der Waals surface area contributed by atoms with Gasteiger partial charge in [0.2, 0.25) is 5.91 Å². The van der Waals surface area contributed by atoms with Crippen LogP contribution in [0.2, 0.25) is 0 Å². The number of rotatable bonds is 3. The molecule has 2 saturated heterocycles. The van der Waals surface area contributed by atoms with Crippen molar-refractivity contribution in [3.8, 4) is 0 Å². The molecular weight excluding hydrogens is 294 g/mol. The molecule has 6 nitrogen and oxygen atoms in total. The summed E-state index contributed by atoms with van der Waals surface area (Å²) in [6.07, 6.45) is 3.43. The van der Waals surface area contributed by atoms with Crippen molar-refractivity contribution >= 4 is 11.6 Å². The lowest BCUT2D eigenvalue weighted by Crippen LogP contribution is -2.44. The van der Waals surface area contributed by atoms with Gasteiger partial charge in [-0.25, -0.2) is 0 Å². The van der Waals surface area contributed by atoms with E-state index in [1.54, 1.807) is 19.1 Å². The Kier molecular flexibility index (Phi) is 4.35. The molecule has 0 N–H and O–H groups in total. The summed E-state index contributed by atoms with van der Waals surface area (Å²) in [6, 6.07) is 6.83. The molecule has 124 valence electrons. The molecule has 1 aromatic carbocycles. The van der Waals surface area contributed by atoms with E-state index in [2.05, 4.69) is 4.90 Å². The number of hydrogen-bond donors (Lipinski definition) is 0. The molecule has 0 unspecified atom stereocenters. The number of piperidine rings is 1. The van der Waals surface area contributed by atoms with Crippen molar-refractivity contribution in [2.75, 3.05) is 26.2 Å². The maximum atomic E-state index is 11.6. The van der Waals surface area contributed by atoms with Crippen molar-refractivity contribution in [1.29, 1.82) is 0 Å². The number of amides is 1. The zero-order valence-corrected chi connectivity index (χ0v) is 13.5. The Bertz CT molecular complexity index is 602. The number of carbonyl (C=O) groups excluding carboxylic acids is 1. The Morgan fingerprint density at radius 1 is 1.22 bits per heavy atom. The lowest BCUT2D eigenvalue weighted by molar-refractivity contribution is -0.384. The van der Waals surface area contributed by atoms with E-state index < -0.39 is 0 Å². The zero-order chi connectivity index (χ0) is 16.4. The second kappa shape index (κ2) is 6.28. The third kappa shape index (κ3) is 3.52. The molecule has 2 heterocycles. The Morgan fingerprint density at radius 2 is 1.96 bits per heavy atom. The van der Waals surface area contributed by atoms with Crippen LogP contribution >= 0.6 is 0 Å². The first-order valence-corrected chi connectivity index (χ1v) is 8.19. The average Bonchev–Trinajstić information content (AvgIpc) is 2.91. The summed E-state index contributed by atoms with van der Waals surface area (Å²) in [5.41, 5.74) is 1.48. The SMILES string of the molecule is CC(=O)N1CC[C@@]2(CCCN(Cc3ccc([N+](=O)[O-])cc3)C2)C1. The Morgan fingerprint density at radius 3 is 2.57 bits per heavy atom. The maximum Gasteiger partial charge on any atom is 0.269 e. The minimum Gasteiger partial charge on any atom is -0.342 e. The van der Waals surface area contributed by atoms with Crippen LogP contribution < -0.4 is 0 Å². The van der Waals surface area contributed by atoms with Gasteiger partial charge in [0.15, 0.2) is 0 Å². The quantitative estimate of drug-likeness (QED) is 0.634. The highest BCUT2D eigenvalue weighted by Gasteiger charge is 2.41. The number of carbonyl (C=O) groups is 1. The summed E-state index contributed by atoms with van der Waals surface area (Å²) in [5, 5.41) is 10.7. The van der Waals surface area contributed by atoms with Crippen LogP contribution in [0.25, 0.3) is 0 Å². The highest BCUT2D eigenvalue weighted by atomic mass is 16.6. The number of nitro groups is 1. The van der Waals surface area contributed by atoms with Crippen LogP contribution in [0, 0.1) is 15.5 Å². The minimum absolute atomic E-state index is 0.136. The first kappa shape index (κ1) is 15.9. The van der Waals surface area contributed by atoms with E-state index in [4.69, 9.17) is 0 Å². The zero-order valence-electron chi connectivity index (χ0n) is 13.5. The molecule has 1 aromatic rings. The molecular formula is C17H23N3O3. The van der Waals surface area contributed by atoms with Crippen molar-refractivity contribution < 1.29 is 9.72 Å². The molecule has 2 aliphatic rings. The van der Waals surface area contributed by atoms with E-state index in [9.17, 15) is 14.9 Å². The van der Waals surface area contributed by atoms with Crippen LogP contribution in [0.1, 0.15) is 31.7 Å². The molecule has 1 atom stereocenters. The van der Waals surface area contributed by atoms with Gasteiger partial charge in [-0.15, -0.1) is 0 Å². The predicted molar refractivity (Wildman–Crippen MR) is 86.9 cm³/mol. The van der Waals surface area contributed by atoms with Gasteiger partial charge in [-0.3, -0.25) is 19.8 Å². The van der Waals surface area contributed by atoms with Crippen molar-refractivity contribution in [3.05, 3.63) is 39.9 Å². The van der Waals surface area contributed by atoms with Crippen LogP contribution in [-0.2, 0) is 11.3 Å². The molecule has 1 spiro atoms. The number of likely N-dealkylation sites (tertiary alicyclic amines) is 2. The highest BCUT2D eigenvalue weighted by Crippen LogP contribution is 2.39. The number of nitrogens with zero attached hydrogens (tertiary/aromatic N) is 3. The summed E-state index contributed by atoms with van der Waals surface area (Å²) in [4.78, 5) is 26.3. The Balaban J connectivity index is 1.63. The van der Waals surface area contributed by atoms with E-state index in [0.717, 1.165) is 51.1 Å². The van der Waals surface area contributed by atoms with Crippen molar-refractivity contribution in [2.24, 2.45) is 5.41 Å². The van der Waals surface area contributed by atoms with E-state index in [1.807, 2.05) is 17.0 Å². The van der Waals surface area contributed by atoms with Gasteiger partial charge in [-0.1, -0.05) is 12.1 Å². The minimum atomic E-state index is -0.367. The third-order valence-corrected chi connectivity index (χ3v) is 5.18. The first-order chi connectivity index (χ1) is 11.0. The van der Waals surface area contributed by atoms with Gasteiger partial charge in [0.25, 0.3) is 5.69 Å². The van der Waals surface area contributed by atoms with E-state index in [1.165, 1.54) is 6.42 Å². The predicted octanol–water partition coefficient (Wildman–Crippen LogP) is 2.43. The second-order valence-electron chi connectivity index (χ2n) is 6.93. The molecule has 23 heavy (non-hydrogen) atoms. The molecule has 6 heteroatoms. The lowest BCUT2D eigenvalue weighted by Gasteiger charge is -2.40. The highest BCUT2D eigenvalue weighted by molar-refractivity contribution is 5.73. The van der Waals surface area contributed by atoms with Crippen molar-refractivity contribution in [2.45, 2.75) is 32.7 Å². The van der Waals surface area contributed by atoms with Gasteiger partial charge < -0.3 is 4.90 Å². The van der Waals surface area contributed by atoms with Crippen LogP contribution in [0.5, 0.6) is 0 Å². The number of nitro benzene ring substituents is 1. The summed E-state index contributed by atoms with van der Waals surface area (Å²) in [7, 11) is 0. The smallest absolute Gasteiger partial charge is 0.269 e. The standard InChI is InChI=1S/C17H23N3O3/c1-14(21)19-10-8-17(13-19)7-2-9-18(12-17)11-15-3-5-16(6-4-15)20(22)23/h3-6H,2,7-13H2,1H3/t17-/m1/s1. The molecule has 0 bridgehead atoms. The molecule has 0 radical (unpaired) electrons. The van der Waals surface area contributed by atoms with Crippen molar-refractivity contribution in [1.82, 2.24) is 9.80 Å². The van der Waals surface area contributed by atoms with Gasteiger partial charge in [-0.05, 0) is 31.4 Å². The summed E-state index contributed by atoms with van der Waals surface area (Å²) in [5.74, 6) is 0.175. The number of non-ortho nitro benzene ring substituents is 1. The maximum absolute atomic E-state index is 11.6. The molecule has 3 rings (SSSR count). The molecule has 1 amide bonds. The molecule has 2 fully saturated rings. The molecule has 0 saturated carbocycles. The number of hydrogen-bond acceptors (Lipinski definition) is 4. The normalized spacial score (nSPS) is 25.0. The fourth-order valence-corrected chi connectivity index (χ4v) is 3.96. The second-order valence-corrected chi connectivity index (χ2v) is 6.93. The monoisotopic (exact) mass is 317 g/mol. The van der Waals surface area contributed by atoms with Gasteiger partial charge in [0.05, 0.1) is 4.92 Å². The van der Waals surface area contributed by atoms with Crippen molar-refractivity contribution in [3.63, 3.8) is 0 Å². The van der Waals surface area contributed by atoms with Crippen LogP contribution in [0.4, 0.5) is 5.69 Å². The lowest BCUT2D eigenvalue weighted by atomic mass is 9.79. The van der Waals surface area contributed by atoms with E-state index in [-0.39, 0.29) is 21.9 Å².